The van der Waals surface area contributed by atoms with Crippen LogP contribution in [0.5, 0.6) is 5.75 Å². The van der Waals surface area contributed by atoms with Gasteiger partial charge in [0.25, 0.3) is 0 Å². The van der Waals surface area contributed by atoms with Crippen molar-refractivity contribution in [3.05, 3.63) is 35.0 Å². The average molecular weight is 304 g/mol. The highest BCUT2D eigenvalue weighted by Gasteiger charge is 2.30. The molecule has 21 heavy (non-hydrogen) atoms. The number of methoxy groups -OCH3 is 1. The Bertz CT molecular complexity index is 638. The van der Waals surface area contributed by atoms with Crippen molar-refractivity contribution in [3.63, 3.8) is 0 Å². The lowest BCUT2D eigenvalue weighted by molar-refractivity contribution is 0.406. The van der Waals surface area contributed by atoms with E-state index in [2.05, 4.69) is 5.32 Å². The zero-order chi connectivity index (χ0) is 14.8. The lowest BCUT2D eigenvalue weighted by atomic mass is 9.80. The fourth-order valence-electron chi connectivity index (χ4n) is 3.32. The van der Waals surface area contributed by atoms with Crippen molar-refractivity contribution in [3.8, 4) is 5.75 Å². The minimum Gasteiger partial charge on any atom is -0.495 e. The third-order valence-corrected chi connectivity index (χ3v) is 4.76. The molecule has 0 amide bonds. The van der Waals surface area contributed by atoms with Gasteiger partial charge in [0, 0.05) is 11.1 Å². The molecule has 3 rings (SSSR count). The smallest absolute Gasteiger partial charge is 0.150 e. The monoisotopic (exact) mass is 303 g/mol. The summed E-state index contributed by atoms with van der Waals surface area (Å²) in [6.45, 7) is 0. The molecule has 1 N–H and O–H groups in total. The highest BCUT2D eigenvalue weighted by atomic mass is 35.5. The number of benzene rings is 1. The fourth-order valence-corrected chi connectivity index (χ4v) is 3.72. The van der Waals surface area contributed by atoms with E-state index in [1.54, 1.807) is 7.11 Å². The van der Waals surface area contributed by atoms with Gasteiger partial charge in [0.2, 0.25) is 0 Å². The van der Waals surface area contributed by atoms with Gasteiger partial charge in [0.05, 0.1) is 17.8 Å². The van der Waals surface area contributed by atoms with Crippen LogP contribution in [0.1, 0.15) is 37.7 Å². The number of para-hydroxylation sites is 1. The molecular formula is C17H18ClNO2. The van der Waals surface area contributed by atoms with Crippen LogP contribution in [0.3, 0.4) is 0 Å². The fraction of sp³-hybridized carbons (Fsp3) is 0.412. The first-order valence-electron chi connectivity index (χ1n) is 7.35. The van der Waals surface area contributed by atoms with E-state index < -0.39 is 0 Å². The van der Waals surface area contributed by atoms with Crippen LogP contribution >= 0.6 is 11.6 Å². The zero-order valence-electron chi connectivity index (χ0n) is 12.0. The van der Waals surface area contributed by atoms with Gasteiger partial charge in [-0.15, -0.1) is 0 Å². The summed E-state index contributed by atoms with van der Waals surface area (Å²) in [4.78, 5) is 11.4. The van der Waals surface area contributed by atoms with Crippen LogP contribution in [0.25, 0.3) is 5.03 Å². The first-order valence-corrected chi connectivity index (χ1v) is 7.73. The minimum absolute atomic E-state index is 0.342. The number of anilines is 1. The zero-order valence-corrected chi connectivity index (χ0v) is 12.8. The summed E-state index contributed by atoms with van der Waals surface area (Å²) in [6, 6.07) is 5.72. The molecule has 0 atom stereocenters. The van der Waals surface area contributed by atoms with E-state index in [0.717, 1.165) is 29.7 Å². The van der Waals surface area contributed by atoms with Crippen molar-refractivity contribution in [2.45, 2.75) is 32.1 Å². The maximum atomic E-state index is 11.4. The number of allylic oxidation sites excluding steroid dienone is 1. The number of rotatable bonds is 2. The van der Waals surface area contributed by atoms with Gasteiger partial charge >= 0.3 is 0 Å². The molecule has 110 valence electrons. The molecule has 0 bridgehead atoms. The Kier molecular flexibility index (Phi) is 4.05. The van der Waals surface area contributed by atoms with Crippen molar-refractivity contribution < 1.29 is 9.53 Å². The number of hydrogen-bond donors (Lipinski definition) is 1. The number of halogens is 1. The van der Waals surface area contributed by atoms with Crippen molar-refractivity contribution in [1.82, 2.24) is 0 Å². The summed E-state index contributed by atoms with van der Waals surface area (Å²) in [5, 5.41) is 3.83. The van der Waals surface area contributed by atoms with Gasteiger partial charge in [0.15, 0.2) is 5.94 Å². The molecule has 0 radical (unpaired) electrons. The van der Waals surface area contributed by atoms with E-state index in [9.17, 15) is 4.79 Å². The predicted octanol–water partition coefficient (Wildman–Crippen LogP) is 4.37. The van der Waals surface area contributed by atoms with E-state index in [4.69, 9.17) is 16.3 Å². The molecule has 0 aromatic heterocycles. The van der Waals surface area contributed by atoms with E-state index >= 15 is 0 Å². The summed E-state index contributed by atoms with van der Waals surface area (Å²) in [7, 11) is 1.61. The molecule has 1 aliphatic carbocycles. The molecule has 1 fully saturated rings. The van der Waals surface area contributed by atoms with Crippen molar-refractivity contribution in [2.75, 3.05) is 12.4 Å². The minimum atomic E-state index is 0.342. The van der Waals surface area contributed by atoms with Crippen LogP contribution < -0.4 is 10.1 Å². The standard InChI is InChI=1S/C17H18ClNO2/c1-21-14-9-5-8-12-16(18)15(11-6-3-2-4-7-11)13(10-20)19-17(12)14/h5,8-9,11,19H,2-4,6-7H2,1H3. The van der Waals surface area contributed by atoms with Crippen molar-refractivity contribution in [2.24, 2.45) is 5.92 Å². The molecule has 0 unspecified atom stereocenters. The van der Waals surface area contributed by atoms with Gasteiger partial charge in [0.1, 0.15) is 11.4 Å². The summed E-state index contributed by atoms with van der Waals surface area (Å²) in [5.41, 5.74) is 3.04. The highest BCUT2D eigenvalue weighted by Crippen LogP contribution is 2.46. The maximum absolute atomic E-state index is 11.4. The van der Waals surface area contributed by atoms with Gasteiger partial charge in [-0.2, -0.15) is 0 Å². The first-order chi connectivity index (χ1) is 10.3. The Labute approximate surface area is 129 Å². The second kappa shape index (κ2) is 5.97. The van der Waals surface area contributed by atoms with Crippen LogP contribution in [-0.2, 0) is 4.79 Å². The summed E-state index contributed by atoms with van der Waals surface area (Å²) in [5.74, 6) is 3.06. The molecule has 1 aliphatic heterocycles. The Hall–Kier alpha value is -1.70. The molecule has 0 saturated heterocycles. The third-order valence-electron chi connectivity index (χ3n) is 4.35. The van der Waals surface area contributed by atoms with Crippen LogP contribution in [-0.4, -0.2) is 13.1 Å². The largest absolute Gasteiger partial charge is 0.495 e. The van der Waals surface area contributed by atoms with Gasteiger partial charge in [-0.1, -0.05) is 43.0 Å². The second-order valence-electron chi connectivity index (χ2n) is 5.55. The van der Waals surface area contributed by atoms with Crippen molar-refractivity contribution in [1.29, 1.82) is 0 Å². The van der Waals surface area contributed by atoms with E-state index in [0.29, 0.717) is 22.4 Å². The topological polar surface area (TPSA) is 38.3 Å². The number of ether oxygens (including phenoxy) is 1. The molecular weight excluding hydrogens is 286 g/mol. The Balaban J connectivity index is 2.13. The highest BCUT2D eigenvalue weighted by molar-refractivity contribution is 6.50. The normalized spacial score (nSPS) is 18.9. The van der Waals surface area contributed by atoms with E-state index in [-0.39, 0.29) is 0 Å². The summed E-state index contributed by atoms with van der Waals surface area (Å²) >= 11 is 6.63. The third kappa shape index (κ3) is 2.48. The van der Waals surface area contributed by atoms with E-state index in [1.165, 1.54) is 19.3 Å². The number of carbonyl (C=O) groups excluding carboxylic acids is 1. The van der Waals surface area contributed by atoms with Gasteiger partial charge in [-0.25, -0.2) is 4.79 Å². The van der Waals surface area contributed by atoms with Gasteiger partial charge in [-0.05, 0) is 24.8 Å². The maximum Gasteiger partial charge on any atom is 0.150 e. The number of hydrogen-bond acceptors (Lipinski definition) is 3. The molecule has 1 saturated carbocycles. The summed E-state index contributed by atoms with van der Waals surface area (Å²) < 4.78 is 5.35. The molecule has 2 aliphatic rings. The Morgan fingerprint density at radius 2 is 2.05 bits per heavy atom. The Morgan fingerprint density at radius 1 is 1.29 bits per heavy atom. The molecule has 4 heteroatoms. The van der Waals surface area contributed by atoms with Crippen LogP contribution in [0.2, 0.25) is 0 Å². The van der Waals surface area contributed by atoms with Crippen molar-refractivity contribution >= 4 is 28.3 Å². The Morgan fingerprint density at radius 3 is 2.71 bits per heavy atom. The van der Waals surface area contributed by atoms with Gasteiger partial charge < -0.3 is 10.1 Å². The van der Waals surface area contributed by atoms with Crippen LogP contribution in [0.15, 0.2) is 29.5 Å². The molecule has 1 heterocycles. The van der Waals surface area contributed by atoms with Crippen LogP contribution in [0.4, 0.5) is 5.69 Å². The SMILES string of the molecule is COc1cccc2c1NC(=C=O)C(C1CCCCC1)=C2Cl. The molecule has 1 aromatic carbocycles. The first kappa shape index (κ1) is 14.2. The second-order valence-corrected chi connectivity index (χ2v) is 5.93. The number of nitrogens with one attached hydrogen (secondary N) is 1. The average Bonchev–Trinajstić information content (AvgIpc) is 2.55. The van der Waals surface area contributed by atoms with Crippen LogP contribution in [0, 0.1) is 5.92 Å². The summed E-state index contributed by atoms with van der Waals surface area (Å²) in [6.07, 6.45) is 5.81. The predicted molar refractivity (Wildman–Crippen MR) is 85.2 cm³/mol. The quantitative estimate of drug-likeness (QED) is 0.825. The number of fused-ring (bicyclic) bond motifs is 1. The molecule has 3 nitrogen and oxygen atoms in total. The molecule has 1 aromatic rings. The lowest BCUT2D eigenvalue weighted by Gasteiger charge is -2.30. The molecule has 0 spiro atoms. The van der Waals surface area contributed by atoms with Gasteiger partial charge in [-0.3, -0.25) is 0 Å². The van der Waals surface area contributed by atoms with E-state index in [1.807, 2.05) is 24.1 Å². The lowest BCUT2D eigenvalue weighted by Crippen LogP contribution is -2.20.